The number of nitrogens with two attached hydrogens (primary N) is 1. The van der Waals surface area contributed by atoms with Gasteiger partial charge >= 0.3 is 0 Å². The molecule has 0 radical (unpaired) electrons. The van der Waals surface area contributed by atoms with Gasteiger partial charge in [-0.3, -0.25) is 4.90 Å². The number of nitrogens with zero attached hydrogens (tertiary/aromatic N) is 1. The van der Waals surface area contributed by atoms with Crippen molar-refractivity contribution in [3.05, 3.63) is 23.8 Å². The Kier molecular flexibility index (Phi) is 3.47. The molecule has 3 heterocycles. The van der Waals surface area contributed by atoms with E-state index < -0.39 is 0 Å². The fraction of sp³-hybridized carbons (Fsp3) is 0.529. The van der Waals surface area contributed by atoms with Crippen molar-refractivity contribution in [2.45, 2.75) is 18.4 Å². The van der Waals surface area contributed by atoms with E-state index in [0.717, 1.165) is 61.8 Å². The lowest BCUT2D eigenvalue weighted by molar-refractivity contribution is 0.106. The van der Waals surface area contributed by atoms with Crippen LogP contribution in [-0.2, 0) is 0 Å². The summed E-state index contributed by atoms with van der Waals surface area (Å²) in [5.74, 6) is 2.38. The molecule has 1 aromatic rings. The maximum Gasteiger partial charge on any atom is 0.204 e. The minimum atomic E-state index is -0.239. The summed E-state index contributed by atoms with van der Waals surface area (Å²) in [5, 5.41) is 0. The van der Waals surface area contributed by atoms with Gasteiger partial charge in [-0.1, -0.05) is 6.08 Å². The number of hydrogen-bond donors (Lipinski definition) is 1. The van der Waals surface area contributed by atoms with Gasteiger partial charge in [0.1, 0.15) is 18.8 Å². The van der Waals surface area contributed by atoms with Crippen molar-refractivity contribution >= 4 is 6.08 Å². The molecule has 1 saturated heterocycles. The first kappa shape index (κ1) is 13.9. The Morgan fingerprint density at radius 3 is 3.00 bits per heavy atom. The van der Waals surface area contributed by atoms with Gasteiger partial charge in [0.2, 0.25) is 5.75 Å². The zero-order valence-electron chi connectivity index (χ0n) is 12.7. The van der Waals surface area contributed by atoms with E-state index in [9.17, 15) is 0 Å². The topological polar surface area (TPSA) is 57.0 Å². The highest BCUT2D eigenvalue weighted by Crippen LogP contribution is 2.47. The molecule has 2 N–H and O–H groups in total. The minimum Gasteiger partial charge on any atom is -0.486 e. The largest absolute Gasteiger partial charge is 0.486 e. The van der Waals surface area contributed by atoms with Crippen LogP contribution in [0.5, 0.6) is 17.2 Å². The molecular weight excluding hydrogens is 280 g/mol. The molecule has 4 rings (SSSR count). The molecule has 0 bridgehead atoms. The molecule has 1 fully saturated rings. The number of ether oxygens (including phenoxy) is 3. The van der Waals surface area contributed by atoms with Crippen LogP contribution in [0, 0.1) is 0 Å². The Bertz CT molecular complexity index is 602. The van der Waals surface area contributed by atoms with Crippen molar-refractivity contribution in [2.75, 3.05) is 39.4 Å². The zero-order valence-corrected chi connectivity index (χ0v) is 12.7. The third kappa shape index (κ3) is 2.34. The van der Waals surface area contributed by atoms with Crippen molar-refractivity contribution in [2.24, 2.45) is 5.73 Å². The molecule has 3 aliphatic heterocycles. The average molecular weight is 302 g/mol. The molecule has 0 aliphatic carbocycles. The van der Waals surface area contributed by atoms with Crippen molar-refractivity contribution in [1.82, 2.24) is 4.90 Å². The van der Waals surface area contributed by atoms with E-state index in [1.807, 2.05) is 12.1 Å². The smallest absolute Gasteiger partial charge is 0.204 e. The molecule has 5 nitrogen and oxygen atoms in total. The van der Waals surface area contributed by atoms with E-state index >= 15 is 0 Å². The summed E-state index contributed by atoms with van der Waals surface area (Å²) in [7, 11) is 0. The third-order valence-corrected chi connectivity index (χ3v) is 4.59. The van der Waals surface area contributed by atoms with Crippen LogP contribution >= 0.6 is 0 Å². The molecular formula is C17H22N2O3. The van der Waals surface area contributed by atoms with Gasteiger partial charge in [0, 0.05) is 25.1 Å². The minimum absolute atomic E-state index is 0.239. The number of likely N-dealkylation sites (tertiary alicyclic amines) is 1. The standard InChI is InChI=1S/C17H22N2O3/c18-7-1-8-19-9-6-17(12-19)5-4-13-2-3-14-16(15(13)22-17)21-11-10-20-14/h2-5H,1,6-12,18H2. The van der Waals surface area contributed by atoms with E-state index in [0.29, 0.717) is 13.2 Å². The van der Waals surface area contributed by atoms with E-state index in [1.54, 1.807) is 0 Å². The van der Waals surface area contributed by atoms with Crippen LogP contribution < -0.4 is 19.9 Å². The summed E-state index contributed by atoms with van der Waals surface area (Å²) in [4.78, 5) is 2.43. The quantitative estimate of drug-likeness (QED) is 0.920. The van der Waals surface area contributed by atoms with E-state index in [1.165, 1.54) is 0 Å². The highest BCUT2D eigenvalue weighted by atomic mass is 16.6. The lowest BCUT2D eigenvalue weighted by Gasteiger charge is -2.33. The first-order chi connectivity index (χ1) is 10.8. The summed E-state index contributed by atoms with van der Waals surface area (Å²) in [6, 6.07) is 3.99. The van der Waals surface area contributed by atoms with Crippen LogP contribution in [0.1, 0.15) is 18.4 Å². The van der Waals surface area contributed by atoms with Crippen LogP contribution in [0.2, 0.25) is 0 Å². The summed E-state index contributed by atoms with van der Waals surface area (Å²) in [5.41, 5.74) is 6.44. The van der Waals surface area contributed by atoms with E-state index in [-0.39, 0.29) is 5.60 Å². The summed E-state index contributed by atoms with van der Waals surface area (Å²) in [6.45, 7) is 4.90. The van der Waals surface area contributed by atoms with Crippen molar-refractivity contribution in [3.8, 4) is 17.2 Å². The summed E-state index contributed by atoms with van der Waals surface area (Å²) in [6.07, 6.45) is 6.39. The fourth-order valence-electron chi connectivity index (χ4n) is 3.43. The monoisotopic (exact) mass is 302 g/mol. The maximum atomic E-state index is 6.42. The Morgan fingerprint density at radius 1 is 1.18 bits per heavy atom. The Labute approximate surface area is 130 Å². The van der Waals surface area contributed by atoms with Crippen LogP contribution in [0.4, 0.5) is 0 Å². The van der Waals surface area contributed by atoms with Crippen molar-refractivity contribution < 1.29 is 14.2 Å². The van der Waals surface area contributed by atoms with Crippen molar-refractivity contribution in [3.63, 3.8) is 0 Å². The number of hydrogen-bond acceptors (Lipinski definition) is 5. The average Bonchev–Trinajstić information content (AvgIpc) is 2.95. The van der Waals surface area contributed by atoms with Crippen LogP contribution in [0.3, 0.4) is 0 Å². The SMILES string of the molecule is NCCCN1CCC2(C=Cc3ccc4c(c3O2)OCCO4)C1. The van der Waals surface area contributed by atoms with Gasteiger partial charge in [-0.25, -0.2) is 0 Å². The highest BCUT2D eigenvalue weighted by Gasteiger charge is 2.41. The molecule has 1 aromatic carbocycles. The molecule has 1 unspecified atom stereocenters. The number of rotatable bonds is 3. The fourth-order valence-corrected chi connectivity index (χ4v) is 3.43. The number of fused-ring (bicyclic) bond motifs is 3. The van der Waals surface area contributed by atoms with E-state index in [2.05, 4.69) is 17.1 Å². The predicted molar refractivity (Wildman–Crippen MR) is 84.6 cm³/mol. The second-order valence-electron chi connectivity index (χ2n) is 6.18. The second-order valence-corrected chi connectivity index (χ2v) is 6.18. The Balaban J connectivity index is 1.59. The van der Waals surface area contributed by atoms with Gasteiger partial charge < -0.3 is 19.9 Å². The highest BCUT2D eigenvalue weighted by molar-refractivity contribution is 5.69. The van der Waals surface area contributed by atoms with Gasteiger partial charge in [0.05, 0.1) is 0 Å². The number of benzene rings is 1. The molecule has 1 spiro atoms. The zero-order chi connectivity index (χ0) is 15.0. The normalized spacial score (nSPS) is 26.0. The molecule has 118 valence electrons. The molecule has 1 atom stereocenters. The first-order valence-corrected chi connectivity index (χ1v) is 8.03. The van der Waals surface area contributed by atoms with Gasteiger partial charge in [0.15, 0.2) is 11.5 Å². The maximum absolute atomic E-state index is 6.42. The lowest BCUT2D eigenvalue weighted by Crippen LogP contribution is -2.39. The molecule has 22 heavy (non-hydrogen) atoms. The van der Waals surface area contributed by atoms with Crippen LogP contribution in [0.25, 0.3) is 6.08 Å². The van der Waals surface area contributed by atoms with Crippen LogP contribution in [0.15, 0.2) is 18.2 Å². The lowest BCUT2D eigenvalue weighted by atomic mass is 9.97. The molecule has 0 saturated carbocycles. The van der Waals surface area contributed by atoms with E-state index in [4.69, 9.17) is 19.9 Å². The predicted octanol–water partition coefficient (Wildman–Crippen LogP) is 1.66. The van der Waals surface area contributed by atoms with Crippen LogP contribution in [-0.4, -0.2) is 49.9 Å². The van der Waals surface area contributed by atoms with Gasteiger partial charge in [0.25, 0.3) is 0 Å². The molecule has 3 aliphatic rings. The van der Waals surface area contributed by atoms with Gasteiger partial charge in [-0.2, -0.15) is 0 Å². The second kappa shape index (κ2) is 5.48. The Morgan fingerprint density at radius 2 is 2.09 bits per heavy atom. The summed E-state index contributed by atoms with van der Waals surface area (Å²) < 4.78 is 17.9. The molecule has 0 aromatic heterocycles. The first-order valence-electron chi connectivity index (χ1n) is 8.03. The summed E-state index contributed by atoms with van der Waals surface area (Å²) >= 11 is 0. The Hall–Kier alpha value is -1.72. The molecule has 0 amide bonds. The van der Waals surface area contributed by atoms with Crippen molar-refractivity contribution in [1.29, 1.82) is 0 Å². The van der Waals surface area contributed by atoms with Gasteiger partial charge in [-0.15, -0.1) is 0 Å². The van der Waals surface area contributed by atoms with Gasteiger partial charge in [-0.05, 0) is 37.7 Å². The molecule has 5 heteroatoms. The third-order valence-electron chi connectivity index (χ3n) is 4.59.